The van der Waals surface area contributed by atoms with Crippen molar-refractivity contribution in [2.24, 2.45) is 5.73 Å². The summed E-state index contributed by atoms with van der Waals surface area (Å²) in [5.74, 6) is 0. The highest BCUT2D eigenvalue weighted by molar-refractivity contribution is 6.42. The van der Waals surface area contributed by atoms with Crippen LogP contribution in [0.3, 0.4) is 0 Å². The topological polar surface area (TPSA) is 58.3 Å². The van der Waals surface area contributed by atoms with Crippen LogP contribution in [0.15, 0.2) is 18.2 Å². The summed E-state index contributed by atoms with van der Waals surface area (Å²) in [4.78, 5) is 0. The lowest BCUT2D eigenvalue weighted by Crippen LogP contribution is -2.29. The lowest BCUT2D eigenvalue weighted by molar-refractivity contribution is 0.282. The van der Waals surface area contributed by atoms with Crippen LogP contribution in [0.1, 0.15) is 24.4 Å². The SMILES string of the molecule is NCC(NCCCCO)c1ccc(Cl)c(Cl)c1. The molecule has 0 fully saturated rings. The number of benzene rings is 1. The van der Waals surface area contributed by atoms with Crippen molar-refractivity contribution in [3.05, 3.63) is 33.8 Å². The van der Waals surface area contributed by atoms with Crippen molar-refractivity contribution < 1.29 is 5.11 Å². The molecule has 96 valence electrons. The van der Waals surface area contributed by atoms with Crippen molar-refractivity contribution in [3.63, 3.8) is 0 Å². The lowest BCUT2D eigenvalue weighted by Gasteiger charge is -2.17. The van der Waals surface area contributed by atoms with Gasteiger partial charge in [0.05, 0.1) is 10.0 Å². The van der Waals surface area contributed by atoms with Crippen molar-refractivity contribution in [2.45, 2.75) is 18.9 Å². The maximum absolute atomic E-state index is 8.69. The van der Waals surface area contributed by atoms with E-state index in [2.05, 4.69) is 5.32 Å². The first-order chi connectivity index (χ1) is 8.19. The molecule has 0 saturated carbocycles. The van der Waals surface area contributed by atoms with Crippen molar-refractivity contribution in [1.82, 2.24) is 5.32 Å². The summed E-state index contributed by atoms with van der Waals surface area (Å²) >= 11 is 11.8. The number of rotatable bonds is 7. The number of hydrogen-bond donors (Lipinski definition) is 3. The molecule has 1 aromatic rings. The standard InChI is InChI=1S/C12H18Cl2N2O/c13-10-4-3-9(7-11(10)14)12(8-15)16-5-1-2-6-17/h3-4,7,12,16-17H,1-2,5-6,8,15H2. The predicted octanol–water partition coefficient (Wildman–Crippen LogP) is 2.36. The van der Waals surface area contributed by atoms with Crippen molar-refractivity contribution in [1.29, 1.82) is 0 Å². The predicted molar refractivity (Wildman–Crippen MR) is 72.6 cm³/mol. The number of unbranched alkanes of at least 4 members (excludes halogenated alkanes) is 1. The van der Waals surface area contributed by atoms with E-state index in [1.165, 1.54) is 0 Å². The van der Waals surface area contributed by atoms with Gasteiger partial charge in [-0.3, -0.25) is 0 Å². The van der Waals surface area contributed by atoms with Crippen LogP contribution in [-0.2, 0) is 0 Å². The minimum atomic E-state index is 0.0726. The normalized spacial score (nSPS) is 12.7. The first-order valence-corrected chi connectivity index (χ1v) is 6.44. The molecule has 0 aromatic heterocycles. The highest BCUT2D eigenvalue weighted by atomic mass is 35.5. The largest absolute Gasteiger partial charge is 0.396 e. The number of hydrogen-bond acceptors (Lipinski definition) is 3. The van der Waals surface area contributed by atoms with Gasteiger partial charge in [0, 0.05) is 19.2 Å². The molecule has 1 rings (SSSR count). The van der Waals surface area contributed by atoms with E-state index in [0.717, 1.165) is 24.9 Å². The van der Waals surface area contributed by atoms with Crippen LogP contribution in [0.5, 0.6) is 0 Å². The second-order valence-corrected chi connectivity index (χ2v) is 4.66. The molecule has 3 nitrogen and oxygen atoms in total. The molecule has 0 radical (unpaired) electrons. The molecule has 0 amide bonds. The average Bonchev–Trinajstić information content (AvgIpc) is 2.33. The zero-order valence-corrected chi connectivity index (χ0v) is 11.1. The van der Waals surface area contributed by atoms with E-state index in [1.54, 1.807) is 6.07 Å². The third kappa shape index (κ3) is 4.82. The average molecular weight is 277 g/mol. The molecule has 1 aromatic carbocycles. The van der Waals surface area contributed by atoms with E-state index in [0.29, 0.717) is 16.6 Å². The Morgan fingerprint density at radius 1 is 1.24 bits per heavy atom. The van der Waals surface area contributed by atoms with Gasteiger partial charge in [-0.15, -0.1) is 0 Å². The molecule has 4 N–H and O–H groups in total. The maximum Gasteiger partial charge on any atom is 0.0595 e. The van der Waals surface area contributed by atoms with Crippen molar-refractivity contribution in [2.75, 3.05) is 19.7 Å². The van der Waals surface area contributed by atoms with E-state index in [-0.39, 0.29) is 12.6 Å². The minimum absolute atomic E-state index is 0.0726. The summed E-state index contributed by atoms with van der Waals surface area (Å²) in [7, 11) is 0. The number of nitrogens with two attached hydrogens (primary N) is 1. The van der Waals surface area contributed by atoms with Crippen LogP contribution in [0.2, 0.25) is 10.0 Å². The summed E-state index contributed by atoms with van der Waals surface area (Å²) < 4.78 is 0. The fraction of sp³-hybridized carbons (Fsp3) is 0.500. The molecular formula is C12H18Cl2N2O. The third-order valence-electron chi connectivity index (χ3n) is 2.56. The molecule has 0 aliphatic heterocycles. The number of aliphatic hydroxyl groups excluding tert-OH is 1. The fourth-order valence-electron chi connectivity index (χ4n) is 1.58. The van der Waals surface area contributed by atoms with E-state index >= 15 is 0 Å². The first kappa shape index (κ1) is 14.7. The van der Waals surface area contributed by atoms with E-state index in [4.69, 9.17) is 34.0 Å². The highest BCUT2D eigenvalue weighted by Crippen LogP contribution is 2.25. The summed E-state index contributed by atoms with van der Waals surface area (Å²) in [5.41, 5.74) is 6.75. The molecule has 0 saturated heterocycles. The Balaban J connectivity index is 2.56. The van der Waals surface area contributed by atoms with Crippen LogP contribution in [0.25, 0.3) is 0 Å². The van der Waals surface area contributed by atoms with Crippen LogP contribution in [-0.4, -0.2) is 24.8 Å². The van der Waals surface area contributed by atoms with Crippen molar-refractivity contribution in [3.8, 4) is 0 Å². The molecule has 0 bridgehead atoms. The second-order valence-electron chi connectivity index (χ2n) is 3.85. The Bertz CT molecular complexity index is 347. The monoisotopic (exact) mass is 276 g/mol. The van der Waals surface area contributed by atoms with Crippen LogP contribution < -0.4 is 11.1 Å². The minimum Gasteiger partial charge on any atom is -0.396 e. The molecule has 0 heterocycles. The van der Waals surface area contributed by atoms with Gasteiger partial charge in [-0.2, -0.15) is 0 Å². The van der Waals surface area contributed by atoms with Gasteiger partial charge in [0.25, 0.3) is 0 Å². The molecular weight excluding hydrogens is 259 g/mol. The molecule has 0 aliphatic rings. The summed E-state index contributed by atoms with van der Waals surface area (Å²) in [5, 5.41) is 13.1. The third-order valence-corrected chi connectivity index (χ3v) is 3.30. The molecule has 1 unspecified atom stereocenters. The molecule has 0 aliphatic carbocycles. The Labute approximate surface area is 112 Å². The van der Waals surface area contributed by atoms with E-state index in [1.807, 2.05) is 12.1 Å². The molecule has 1 atom stereocenters. The van der Waals surface area contributed by atoms with Gasteiger partial charge in [-0.25, -0.2) is 0 Å². The van der Waals surface area contributed by atoms with Crippen LogP contribution in [0, 0.1) is 0 Å². The van der Waals surface area contributed by atoms with Gasteiger partial charge in [0.1, 0.15) is 0 Å². The van der Waals surface area contributed by atoms with Gasteiger partial charge in [-0.1, -0.05) is 29.3 Å². The summed E-state index contributed by atoms with van der Waals surface area (Å²) in [6, 6.07) is 5.60. The Kier molecular flexibility index (Phi) is 6.85. The van der Waals surface area contributed by atoms with E-state index in [9.17, 15) is 0 Å². The quantitative estimate of drug-likeness (QED) is 0.670. The highest BCUT2D eigenvalue weighted by Gasteiger charge is 2.10. The Morgan fingerprint density at radius 2 is 2.00 bits per heavy atom. The van der Waals surface area contributed by atoms with Gasteiger partial charge < -0.3 is 16.2 Å². The van der Waals surface area contributed by atoms with Gasteiger partial charge in [0.2, 0.25) is 0 Å². The number of halogens is 2. The smallest absolute Gasteiger partial charge is 0.0595 e. The molecule has 0 spiro atoms. The summed E-state index contributed by atoms with van der Waals surface area (Å²) in [6.45, 7) is 1.54. The second kappa shape index (κ2) is 7.90. The lowest BCUT2D eigenvalue weighted by atomic mass is 10.1. The maximum atomic E-state index is 8.69. The number of nitrogens with one attached hydrogen (secondary N) is 1. The van der Waals surface area contributed by atoms with Gasteiger partial charge in [-0.05, 0) is 37.1 Å². The molecule has 17 heavy (non-hydrogen) atoms. The van der Waals surface area contributed by atoms with E-state index < -0.39 is 0 Å². The van der Waals surface area contributed by atoms with Crippen molar-refractivity contribution >= 4 is 23.2 Å². The zero-order chi connectivity index (χ0) is 12.7. The molecule has 5 heteroatoms. The van der Waals surface area contributed by atoms with Crippen LogP contribution in [0.4, 0.5) is 0 Å². The zero-order valence-electron chi connectivity index (χ0n) is 9.63. The fourth-order valence-corrected chi connectivity index (χ4v) is 1.89. The Hall–Kier alpha value is -0.320. The van der Waals surface area contributed by atoms with Gasteiger partial charge >= 0.3 is 0 Å². The Morgan fingerprint density at radius 3 is 2.59 bits per heavy atom. The number of aliphatic hydroxyl groups is 1. The first-order valence-electron chi connectivity index (χ1n) is 5.68. The van der Waals surface area contributed by atoms with Gasteiger partial charge in [0.15, 0.2) is 0 Å². The summed E-state index contributed by atoms with van der Waals surface area (Å²) in [6.07, 6.45) is 1.72. The van der Waals surface area contributed by atoms with Crippen LogP contribution >= 0.6 is 23.2 Å².